The molecule has 0 atom stereocenters. The number of carbonyl (C=O) groups excluding carboxylic acids is 3. The number of halogens is 1. The van der Waals surface area contributed by atoms with Crippen LogP contribution >= 0.6 is 0 Å². The lowest BCUT2D eigenvalue weighted by molar-refractivity contribution is -0.139. The average molecular weight is 414 g/mol. The molecule has 0 spiro atoms. The molecule has 30 heavy (non-hydrogen) atoms. The van der Waals surface area contributed by atoms with Crippen LogP contribution in [0.25, 0.3) is 0 Å². The molecule has 0 aliphatic carbocycles. The molecule has 0 radical (unpaired) electrons. The predicted molar refractivity (Wildman–Crippen MR) is 108 cm³/mol. The van der Waals surface area contributed by atoms with E-state index < -0.39 is 11.8 Å². The minimum absolute atomic E-state index is 0.0732. The van der Waals surface area contributed by atoms with Crippen LogP contribution in [-0.2, 0) is 16.1 Å². The maximum absolute atomic E-state index is 13.0. The zero-order chi connectivity index (χ0) is 21.5. The third-order valence-corrected chi connectivity index (χ3v) is 4.66. The number of nitrogens with zero attached hydrogens (tertiary/aromatic N) is 2. The van der Waals surface area contributed by atoms with Crippen LogP contribution in [-0.4, -0.2) is 60.9 Å². The van der Waals surface area contributed by atoms with E-state index in [9.17, 15) is 18.8 Å². The van der Waals surface area contributed by atoms with Gasteiger partial charge in [0, 0.05) is 25.3 Å². The number of nitrogens with one attached hydrogen (secondary N) is 2. The Morgan fingerprint density at radius 1 is 1.13 bits per heavy atom. The van der Waals surface area contributed by atoms with Gasteiger partial charge >= 0.3 is 6.03 Å². The maximum atomic E-state index is 13.0. The van der Waals surface area contributed by atoms with Crippen molar-refractivity contribution >= 4 is 23.5 Å². The predicted octanol–water partition coefficient (Wildman–Crippen LogP) is 1.83. The molecule has 0 saturated carbocycles. The van der Waals surface area contributed by atoms with Crippen molar-refractivity contribution in [3.63, 3.8) is 0 Å². The van der Waals surface area contributed by atoms with Crippen LogP contribution in [0.3, 0.4) is 0 Å². The summed E-state index contributed by atoms with van der Waals surface area (Å²) in [6.07, 6.45) is 0. The monoisotopic (exact) mass is 414 g/mol. The standard InChI is InChI=1S/C21H23FN4O4/c1-30-18-4-2-3-15(11-18)12-23-19(27)13-25-9-10-26(14-20(25)28)21(29)24-17-7-5-16(22)6-8-17/h2-8,11H,9-10,12-14H2,1H3,(H,23,27)(H,24,29). The fourth-order valence-electron chi connectivity index (χ4n) is 3.00. The highest BCUT2D eigenvalue weighted by molar-refractivity contribution is 5.94. The van der Waals surface area contributed by atoms with Crippen molar-refractivity contribution in [2.45, 2.75) is 6.54 Å². The average Bonchev–Trinajstić information content (AvgIpc) is 2.75. The first kappa shape index (κ1) is 21.1. The molecule has 8 nitrogen and oxygen atoms in total. The van der Waals surface area contributed by atoms with Gasteiger partial charge in [-0.2, -0.15) is 0 Å². The van der Waals surface area contributed by atoms with Gasteiger partial charge in [-0.1, -0.05) is 12.1 Å². The van der Waals surface area contributed by atoms with E-state index in [1.165, 1.54) is 34.1 Å². The van der Waals surface area contributed by atoms with E-state index in [2.05, 4.69) is 10.6 Å². The van der Waals surface area contributed by atoms with Crippen molar-refractivity contribution in [2.75, 3.05) is 38.6 Å². The SMILES string of the molecule is COc1cccc(CNC(=O)CN2CCN(C(=O)Nc3ccc(F)cc3)CC2=O)c1. The number of rotatable bonds is 6. The van der Waals surface area contributed by atoms with E-state index in [4.69, 9.17) is 4.74 Å². The third kappa shape index (κ3) is 5.69. The lowest BCUT2D eigenvalue weighted by Gasteiger charge is -2.33. The highest BCUT2D eigenvalue weighted by Crippen LogP contribution is 2.13. The van der Waals surface area contributed by atoms with Crippen molar-refractivity contribution in [2.24, 2.45) is 0 Å². The fourth-order valence-corrected chi connectivity index (χ4v) is 3.00. The summed E-state index contributed by atoms with van der Waals surface area (Å²) in [5.74, 6) is -0.296. The number of methoxy groups -OCH3 is 1. The summed E-state index contributed by atoms with van der Waals surface area (Å²) in [6, 6.07) is 12.3. The van der Waals surface area contributed by atoms with Gasteiger partial charge in [0.2, 0.25) is 11.8 Å². The molecular weight excluding hydrogens is 391 g/mol. The molecule has 1 aliphatic rings. The number of amides is 4. The second-order valence-electron chi connectivity index (χ2n) is 6.80. The summed E-state index contributed by atoms with van der Waals surface area (Å²) >= 11 is 0. The third-order valence-electron chi connectivity index (χ3n) is 4.66. The van der Waals surface area contributed by atoms with Crippen LogP contribution in [0.4, 0.5) is 14.9 Å². The summed E-state index contributed by atoms with van der Waals surface area (Å²) in [5, 5.41) is 5.40. The summed E-state index contributed by atoms with van der Waals surface area (Å²) in [6.45, 7) is 0.668. The van der Waals surface area contributed by atoms with Gasteiger partial charge < -0.3 is 25.2 Å². The largest absolute Gasteiger partial charge is 0.497 e. The Balaban J connectivity index is 1.45. The lowest BCUT2D eigenvalue weighted by Crippen LogP contribution is -2.55. The van der Waals surface area contributed by atoms with Crippen molar-refractivity contribution in [3.8, 4) is 5.75 Å². The Kier molecular flexibility index (Phi) is 6.84. The van der Waals surface area contributed by atoms with Gasteiger partial charge in [0.1, 0.15) is 18.1 Å². The number of urea groups is 1. The van der Waals surface area contributed by atoms with E-state index in [1.807, 2.05) is 24.3 Å². The molecule has 1 saturated heterocycles. The van der Waals surface area contributed by atoms with Gasteiger partial charge in [-0.05, 0) is 42.0 Å². The van der Waals surface area contributed by atoms with Crippen LogP contribution in [0.2, 0.25) is 0 Å². The van der Waals surface area contributed by atoms with Crippen molar-refractivity contribution in [3.05, 3.63) is 59.9 Å². The van der Waals surface area contributed by atoms with E-state index in [1.54, 1.807) is 7.11 Å². The molecule has 158 valence electrons. The number of hydrogen-bond acceptors (Lipinski definition) is 4. The van der Waals surface area contributed by atoms with Gasteiger partial charge in [0.05, 0.1) is 13.7 Å². The first-order valence-corrected chi connectivity index (χ1v) is 9.43. The number of anilines is 1. The summed E-state index contributed by atoms with van der Waals surface area (Å²) < 4.78 is 18.1. The summed E-state index contributed by atoms with van der Waals surface area (Å²) in [4.78, 5) is 39.6. The Morgan fingerprint density at radius 2 is 1.90 bits per heavy atom. The van der Waals surface area contributed by atoms with Crippen LogP contribution in [0.1, 0.15) is 5.56 Å². The van der Waals surface area contributed by atoms with Crippen LogP contribution in [0.5, 0.6) is 5.75 Å². The number of benzene rings is 2. The Bertz CT molecular complexity index is 919. The second-order valence-corrected chi connectivity index (χ2v) is 6.80. The van der Waals surface area contributed by atoms with Gasteiger partial charge in [-0.3, -0.25) is 9.59 Å². The Morgan fingerprint density at radius 3 is 2.60 bits per heavy atom. The number of carbonyl (C=O) groups is 3. The van der Waals surface area contributed by atoms with E-state index in [-0.39, 0.29) is 31.4 Å². The minimum atomic E-state index is -0.447. The van der Waals surface area contributed by atoms with Gasteiger partial charge in [-0.25, -0.2) is 9.18 Å². The molecule has 1 aliphatic heterocycles. The molecule has 9 heteroatoms. The molecule has 3 rings (SSSR count). The van der Waals surface area contributed by atoms with E-state index in [0.717, 1.165) is 5.56 Å². The van der Waals surface area contributed by atoms with Crippen LogP contribution in [0, 0.1) is 5.82 Å². The summed E-state index contributed by atoms with van der Waals surface area (Å²) in [5.41, 5.74) is 1.32. The first-order chi connectivity index (χ1) is 14.4. The zero-order valence-corrected chi connectivity index (χ0v) is 16.6. The lowest BCUT2D eigenvalue weighted by atomic mass is 10.2. The summed E-state index contributed by atoms with van der Waals surface area (Å²) in [7, 11) is 1.57. The number of piperazine rings is 1. The Labute approximate surface area is 173 Å². The molecule has 0 aromatic heterocycles. The molecule has 4 amide bonds. The zero-order valence-electron chi connectivity index (χ0n) is 16.6. The highest BCUT2D eigenvalue weighted by atomic mass is 19.1. The minimum Gasteiger partial charge on any atom is -0.497 e. The number of ether oxygens (including phenoxy) is 1. The normalized spacial score (nSPS) is 13.7. The fraction of sp³-hybridized carbons (Fsp3) is 0.286. The quantitative estimate of drug-likeness (QED) is 0.755. The van der Waals surface area contributed by atoms with Crippen LogP contribution < -0.4 is 15.4 Å². The van der Waals surface area contributed by atoms with Crippen molar-refractivity contribution in [1.82, 2.24) is 15.1 Å². The van der Waals surface area contributed by atoms with Crippen molar-refractivity contribution < 1.29 is 23.5 Å². The Hall–Kier alpha value is -3.62. The van der Waals surface area contributed by atoms with Crippen molar-refractivity contribution in [1.29, 1.82) is 0 Å². The highest BCUT2D eigenvalue weighted by Gasteiger charge is 2.28. The molecule has 2 aromatic carbocycles. The smallest absolute Gasteiger partial charge is 0.322 e. The molecule has 0 unspecified atom stereocenters. The first-order valence-electron chi connectivity index (χ1n) is 9.43. The molecular formula is C21H23FN4O4. The topological polar surface area (TPSA) is 91.0 Å². The molecule has 0 bridgehead atoms. The van der Waals surface area contributed by atoms with Gasteiger partial charge in [0.25, 0.3) is 0 Å². The number of hydrogen-bond donors (Lipinski definition) is 2. The molecule has 2 N–H and O–H groups in total. The van der Waals surface area contributed by atoms with Crippen LogP contribution in [0.15, 0.2) is 48.5 Å². The second kappa shape index (κ2) is 9.73. The molecule has 1 fully saturated rings. The molecule has 2 aromatic rings. The molecule has 1 heterocycles. The van der Waals surface area contributed by atoms with Gasteiger partial charge in [0.15, 0.2) is 0 Å². The van der Waals surface area contributed by atoms with E-state index >= 15 is 0 Å². The maximum Gasteiger partial charge on any atom is 0.322 e. The van der Waals surface area contributed by atoms with Gasteiger partial charge in [-0.15, -0.1) is 0 Å². The van der Waals surface area contributed by atoms with E-state index in [0.29, 0.717) is 24.5 Å².